The summed E-state index contributed by atoms with van der Waals surface area (Å²) in [5, 5.41) is 9.49. The van der Waals surface area contributed by atoms with Crippen LogP contribution in [0.25, 0.3) is 0 Å². The lowest BCUT2D eigenvalue weighted by Gasteiger charge is -2.27. The number of hydrogen-bond donors (Lipinski definition) is 1. The summed E-state index contributed by atoms with van der Waals surface area (Å²) in [5.41, 5.74) is 0.386. The molecule has 0 aromatic heterocycles. The van der Waals surface area contributed by atoms with Crippen LogP contribution in [-0.2, 0) is 20.7 Å². The summed E-state index contributed by atoms with van der Waals surface area (Å²) < 4.78 is 11.0. The van der Waals surface area contributed by atoms with E-state index in [-0.39, 0.29) is 17.8 Å². The Morgan fingerprint density at radius 3 is 2.45 bits per heavy atom. The molecular formula is C16H24O4. The first-order valence-corrected chi connectivity index (χ1v) is 6.83. The van der Waals surface area contributed by atoms with Crippen LogP contribution in [0.2, 0.25) is 0 Å². The first-order chi connectivity index (χ1) is 9.17. The highest BCUT2D eigenvalue weighted by atomic mass is 16.6. The van der Waals surface area contributed by atoms with Crippen molar-refractivity contribution in [1.29, 1.82) is 0 Å². The van der Waals surface area contributed by atoms with Crippen LogP contribution in [0.15, 0.2) is 24.3 Å². The molecule has 1 aromatic rings. The summed E-state index contributed by atoms with van der Waals surface area (Å²) >= 11 is 0. The molecule has 0 amide bonds. The van der Waals surface area contributed by atoms with E-state index in [1.165, 1.54) is 0 Å². The molecule has 0 aliphatic rings. The summed E-state index contributed by atoms with van der Waals surface area (Å²) in [7, 11) is 0. The SMILES string of the molecule is CC(C)OC(=O)C(Cc1cccc(O)c1)OC(C)(C)C. The molecule has 112 valence electrons. The van der Waals surface area contributed by atoms with Crippen LogP contribution in [0.5, 0.6) is 5.75 Å². The first-order valence-electron chi connectivity index (χ1n) is 6.83. The van der Waals surface area contributed by atoms with Gasteiger partial charge in [-0.1, -0.05) is 12.1 Å². The minimum Gasteiger partial charge on any atom is -0.508 e. The normalized spacial score (nSPS) is 13.3. The number of phenols is 1. The van der Waals surface area contributed by atoms with E-state index in [2.05, 4.69) is 0 Å². The van der Waals surface area contributed by atoms with E-state index in [0.717, 1.165) is 5.56 Å². The summed E-state index contributed by atoms with van der Waals surface area (Å²) in [6.45, 7) is 9.29. The molecule has 0 aliphatic heterocycles. The molecule has 20 heavy (non-hydrogen) atoms. The fourth-order valence-electron chi connectivity index (χ4n) is 1.81. The molecule has 0 radical (unpaired) electrons. The quantitative estimate of drug-likeness (QED) is 0.842. The maximum atomic E-state index is 12.1. The molecule has 1 unspecified atom stereocenters. The van der Waals surface area contributed by atoms with E-state index in [1.54, 1.807) is 32.0 Å². The molecule has 0 aliphatic carbocycles. The molecule has 0 spiro atoms. The average Bonchev–Trinajstić information content (AvgIpc) is 2.25. The number of ether oxygens (including phenoxy) is 2. The molecule has 0 saturated carbocycles. The number of carbonyl (C=O) groups is 1. The summed E-state index contributed by atoms with van der Waals surface area (Å²) in [6, 6.07) is 6.81. The zero-order chi connectivity index (χ0) is 15.3. The molecule has 0 saturated heterocycles. The fraction of sp³-hybridized carbons (Fsp3) is 0.562. The molecule has 0 bridgehead atoms. The first kappa shape index (κ1) is 16.5. The average molecular weight is 280 g/mol. The third kappa shape index (κ3) is 6.06. The smallest absolute Gasteiger partial charge is 0.335 e. The number of esters is 1. The molecular weight excluding hydrogens is 256 g/mol. The van der Waals surface area contributed by atoms with Crippen LogP contribution in [0.1, 0.15) is 40.2 Å². The number of benzene rings is 1. The van der Waals surface area contributed by atoms with Gasteiger partial charge in [-0.05, 0) is 52.3 Å². The summed E-state index contributed by atoms with van der Waals surface area (Å²) in [4.78, 5) is 12.1. The molecule has 0 heterocycles. The molecule has 0 fully saturated rings. The van der Waals surface area contributed by atoms with Crippen LogP contribution in [0.3, 0.4) is 0 Å². The van der Waals surface area contributed by atoms with E-state index < -0.39 is 11.7 Å². The van der Waals surface area contributed by atoms with Crippen molar-refractivity contribution in [3.8, 4) is 5.75 Å². The Hall–Kier alpha value is -1.55. The number of phenolic OH excluding ortho intramolecular Hbond substituents is 1. The summed E-state index contributed by atoms with van der Waals surface area (Å²) in [6.07, 6.45) is -0.492. The lowest BCUT2D eigenvalue weighted by atomic mass is 10.1. The molecule has 1 atom stereocenters. The fourth-order valence-corrected chi connectivity index (χ4v) is 1.81. The van der Waals surface area contributed by atoms with E-state index >= 15 is 0 Å². The number of carbonyl (C=O) groups excluding carboxylic acids is 1. The van der Waals surface area contributed by atoms with Gasteiger partial charge in [0, 0.05) is 6.42 Å². The van der Waals surface area contributed by atoms with Gasteiger partial charge in [-0.25, -0.2) is 4.79 Å². The topological polar surface area (TPSA) is 55.8 Å². The van der Waals surface area contributed by atoms with Gasteiger partial charge in [0.1, 0.15) is 5.75 Å². The highest BCUT2D eigenvalue weighted by molar-refractivity contribution is 5.75. The van der Waals surface area contributed by atoms with Crippen molar-refractivity contribution in [3.63, 3.8) is 0 Å². The van der Waals surface area contributed by atoms with Crippen molar-refractivity contribution < 1.29 is 19.4 Å². The maximum absolute atomic E-state index is 12.1. The minimum atomic E-state index is -0.681. The van der Waals surface area contributed by atoms with Crippen molar-refractivity contribution in [2.24, 2.45) is 0 Å². The predicted molar refractivity (Wildman–Crippen MR) is 77.7 cm³/mol. The molecule has 4 nitrogen and oxygen atoms in total. The van der Waals surface area contributed by atoms with E-state index in [4.69, 9.17) is 9.47 Å². The van der Waals surface area contributed by atoms with Crippen molar-refractivity contribution in [1.82, 2.24) is 0 Å². The Labute approximate surface area is 120 Å². The standard InChI is InChI=1S/C16H24O4/c1-11(2)19-15(18)14(20-16(3,4)5)10-12-7-6-8-13(17)9-12/h6-9,11,14,17H,10H2,1-5H3. The third-order valence-corrected chi connectivity index (χ3v) is 2.44. The van der Waals surface area contributed by atoms with Gasteiger partial charge in [-0.2, -0.15) is 0 Å². The monoisotopic (exact) mass is 280 g/mol. The van der Waals surface area contributed by atoms with E-state index in [1.807, 2.05) is 26.8 Å². The van der Waals surface area contributed by atoms with E-state index in [9.17, 15) is 9.90 Å². The number of hydrogen-bond acceptors (Lipinski definition) is 4. The maximum Gasteiger partial charge on any atom is 0.335 e. The predicted octanol–water partition coefficient (Wildman–Crippen LogP) is 3.07. The number of aromatic hydroxyl groups is 1. The van der Waals surface area contributed by atoms with Crippen LogP contribution in [0.4, 0.5) is 0 Å². The van der Waals surface area contributed by atoms with Gasteiger partial charge in [0.25, 0.3) is 0 Å². The van der Waals surface area contributed by atoms with Gasteiger partial charge in [0.2, 0.25) is 0 Å². The second-order valence-electron chi connectivity index (χ2n) is 6.08. The van der Waals surface area contributed by atoms with Gasteiger partial charge in [0.15, 0.2) is 6.10 Å². The minimum absolute atomic E-state index is 0.175. The van der Waals surface area contributed by atoms with Crippen LogP contribution in [0, 0.1) is 0 Å². The Balaban J connectivity index is 2.84. The Kier molecular flexibility index (Phi) is 5.57. The lowest BCUT2D eigenvalue weighted by Crippen LogP contribution is -2.37. The largest absolute Gasteiger partial charge is 0.508 e. The van der Waals surface area contributed by atoms with Gasteiger partial charge in [0.05, 0.1) is 11.7 Å². The summed E-state index contributed by atoms with van der Waals surface area (Å²) in [5.74, 6) is -0.201. The van der Waals surface area contributed by atoms with Crippen molar-refractivity contribution >= 4 is 5.97 Å². The number of rotatable bonds is 5. The second kappa shape index (κ2) is 6.75. The van der Waals surface area contributed by atoms with Gasteiger partial charge in [-0.3, -0.25) is 0 Å². The molecule has 1 N–H and O–H groups in total. The Morgan fingerprint density at radius 2 is 1.95 bits per heavy atom. The zero-order valence-electron chi connectivity index (χ0n) is 12.8. The molecule has 1 rings (SSSR count). The zero-order valence-corrected chi connectivity index (χ0v) is 12.8. The second-order valence-corrected chi connectivity index (χ2v) is 6.08. The highest BCUT2D eigenvalue weighted by Crippen LogP contribution is 2.19. The molecule has 1 aromatic carbocycles. The third-order valence-electron chi connectivity index (χ3n) is 2.44. The van der Waals surface area contributed by atoms with Gasteiger partial charge >= 0.3 is 5.97 Å². The van der Waals surface area contributed by atoms with E-state index in [0.29, 0.717) is 6.42 Å². The van der Waals surface area contributed by atoms with Gasteiger partial charge < -0.3 is 14.6 Å². The Bertz CT molecular complexity index is 446. The van der Waals surface area contributed by atoms with Crippen molar-refractivity contribution in [3.05, 3.63) is 29.8 Å². The van der Waals surface area contributed by atoms with Gasteiger partial charge in [-0.15, -0.1) is 0 Å². The molecule has 4 heteroatoms. The van der Waals surface area contributed by atoms with Crippen molar-refractivity contribution in [2.45, 2.75) is 58.8 Å². The lowest BCUT2D eigenvalue weighted by molar-refractivity contribution is -0.170. The van der Waals surface area contributed by atoms with Crippen LogP contribution >= 0.6 is 0 Å². The van der Waals surface area contributed by atoms with Crippen LogP contribution in [-0.4, -0.2) is 28.9 Å². The van der Waals surface area contributed by atoms with Crippen LogP contribution < -0.4 is 0 Å². The van der Waals surface area contributed by atoms with Crippen molar-refractivity contribution in [2.75, 3.05) is 0 Å². The highest BCUT2D eigenvalue weighted by Gasteiger charge is 2.27. The Morgan fingerprint density at radius 1 is 1.30 bits per heavy atom.